The normalized spacial score (nSPS) is 17.2. The second-order valence-corrected chi connectivity index (χ2v) is 8.05. The Labute approximate surface area is 152 Å². The molecule has 3 rings (SSSR count). The van der Waals surface area contributed by atoms with E-state index >= 15 is 0 Å². The Morgan fingerprint density at radius 2 is 1.96 bits per heavy atom. The van der Waals surface area contributed by atoms with Crippen molar-refractivity contribution in [3.63, 3.8) is 0 Å². The summed E-state index contributed by atoms with van der Waals surface area (Å²) in [5, 5.41) is 2.19. The van der Waals surface area contributed by atoms with Gasteiger partial charge in [-0.3, -0.25) is 4.79 Å². The number of rotatable bonds is 6. The molecule has 2 aromatic rings. The third-order valence-electron chi connectivity index (χ3n) is 4.42. The fourth-order valence-corrected chi connectivity index (χ4v) is 5.08. The maximum Gasteiger partial charge on any atom is 0.229 e. The lowest BCUT2D eigenvalue weighted by molar-refractivity contribution is -0.130. The van der Waals surface area contributed by atoms with Crippen LogP contribution in [0.15, 0.2) is 41.8 Å². The van der Waals surface area contributed by atoms with Crippen molar-refractivity contribution in [1.82, 2.24) is 4.90 Å². The lowest BCUT2D eigenvalue weighted by Gasteiger charge is -2.25. The van der Waals surface area contributed by atoms with Gasteiger partial charge < -0.3 is 9.80 Å². The molecule has 0 saturated carbocycles. The van der Waals surface area contributed by atoms with Crippen molar-refractivity contribution in [2.75, 3.05) is 30.3 Å². The molecule has 1 aromatic carbocycles. The minimum absolute atomic E-state index is 0.156. The summed E-state index contributed by atoms with van der Waals surface area (Å²) in [6.07, 6.45) is 0.520. The van der Waals surface area contributed by atoms with Gasteiger partial charge in [-0.2, -0.15) is 0 Å². The number of carbonyl (C=O) groups excluding carboxylic acids is 1. The monoisotopic (exact) mass is 360 g/mol. The van der Waals surface area contributed by atoms with Gasteiger partial charge in [-0.15, -0.1) is 23.1 Å². The maximum absolute atomic E-state index is 12.7. The average Bonchev–Trinajstić information content (AvgIpc) is 3.28. The first-order valence-electron chi connectivity index (χ1n) is 8.51. The van der Waals surface area contributed by atoms with Gasteiger partial charge in [0.1, 0.15) is 5.37 Å². The molecule has 3 nitrogen and oxygen atoms in total. The summed E-state index contributed by atoms with van der Waals surface area (Å²) < 4.78 is 0. The number of nitrogens with zero attached hydrogens (tertiary/aromatic N) is 2. The van der Waals surface area contributed by atoms with Crippen LogP contribution in [-0.4, -0.2) is 36.2 Å². The molecule has 0 spiro atoms. The van der Waals surface area contributed by atoms with Crippen molar-refractivity contribution in [2.24, 2.45) is 0 Å². The van der Waals surface area contributed by atoms with Gasteiger partial charge in [0.15, 0.2) is 0 Å². The van der Waals surface area contributed by atoms with Gasteiger partial charge in [0, 0.05) is 36.0 Å². The zero-order chi connectivity index (χ0) is 16.9. The molecule has 0 radical (unpaired) electrons. The van der Waals surface area contributed by atoms with Gasteiger partial charge >= 0.3 is 0 Å². The van der Waals surface area contributed by atoms with Crippen molar-refractivity contribution in [3.05, 3.63) is 52.2 Å². The Balaban J connectivity index is 1.71. The smallest absolute Gasteiger partial charge is 0.229 e. The number of hydrogen-bond acceptors (Lipinski definition) is 4. The van der Waals surface area contributed by atoms with Crippen LogP contribution in [0.2, 0.25) is 0 Å². The molecule has 1 aliphatic heterocycles. The molecule has 1 unspecified atom stereocenters. The molecule has 0 bridgehead atoms. The first kappa shape index (κ1) is 17.4. The van der Waals surface area contributed by atoms with E-state index in [9.17, 15) is 4.79 Å². The van der Waals surface area contributed by atoms with Gasteiger partial charge in [0.05, 0.1) is 6.42 Å². The highest BCUT2D eigenvalue weighted by molar-refractivity contribution is 7.99. The molecule has 1 amide bonds. The number of anilines is 1. The van der Waals surface area contributed by atoms with Gasteiger partial charge in [-0.05, 0) is 43.0 Å². The van der Waals surface area contributed by atoms with Gasteiger partial charge in [-0.1, -0.05) is 18.2 Å². The maximum atomic E-state index is 12.7. The minimum atomic E-state index is 0.156. The van der Waals surface area contributed by atoms with Crippen molar-refractivity contribution < 1.29 is 4.79 Å². The van der Waals surface area contributed by atoms with Gasteiger partial charge in [0.2, 0.25) is 5.91 Å². The standard InChI is InChI=1S/C19H24N2OS2/c1-3-20(4-2)16-9-7-15(8-10-16)19-21(11-13-24-19)18(22)14-17-6-5-12-23-17/h5-10,12,19H,3-4,11,13-14H2,1-2H3. The molecule has 1 aromatic heterocycles. The zero-order valence-corrected chi connectivity index (χ0v) is 15.9. The Bertz CT molecular complexity index is 651. The highest BCUT2D eigenvalue weighted by atomic mass is 32.2. The zero-order valence-electron chi connectivity index (χ0n) is 14.3. The van der Waals surface area contributed by atoms with E-state index in [0.717, 1.165) is 30.3 Å². The number of hydrogen-bond donors (Lipinski definition) is 0. The molecule has 0 aliphatic carbocycles. The van der Waals surface area contributed by atoms with Crippen LogP contribution in [-0.2, 0) is 11.2 Å². The molecule has 1 fully saturated rings. The molecule has 24 heavy (non-hydrogen) atoms. The van der Waals surface area contributed by atoms with E-state index in [1.807, 2.05) is 34.2 Å². The first-order chi connectivity index (χ1) is 11.7. The van der Waals surface area contributed by atoms with Crippen LogP contribution >= 0.6 is 23.1 Å². The van der Waals surface area contributed by atoms with Gasteiger partial charge in [0.25, 0.3) is 0 Å². The van der Waals surface area contributed by atoms with E-state index in [0.29, 0.717) is 6.42 Å². The fraction of sp³-hybridized carbons (Fsp3) is 0.421. The van der Waals surface area contributed by atoms with Crippen molar-refractivity contribution >= 4 is 34.7 Å². The summed E-state index contributed by atoms with van der Waals surface area (Å²) in [6, 6.07) is 12.8. The number of amides is 1. The predicted octanol–water partition coefficient (Wildman–Crippen LogP) is 4.41. The average molecular weight is 361 g/mol. The molecule has 1 aliphatic rings. The highest BCUT2D eigenvalue weighted by Crippen LogP contribution is 2.38. The molecule has 2 heterocycles. The Morgan fingerprint density at radius 3 is 2.58 bits per heavy atom. The third kappa shape index (κ3) is 3.78. The molecule has 0 N–H and O–H groups in total. The van der Waals surface area contributed by atoms with Crippen LogP contribution in [0.1, 0.15) is 29.7 Å². The summed E-state index contributed by atoms with van der Waals surface area (Å²) in [7, 11) is 0. The van der Waals surface area contributed by atoms with E-state index in [4.69, 9.17) is 0 Å². The summed E-state index contributed by atoms with van der Waals surface area (Å²) in [5.74, 6) is 1.25. The van der Waals surface area contributed by atoms with Crippen LogP contribution in [0.25, 0.3) is 0 Å². The van der Waals surface area contributed by atoms with E-state index in [-0.39, 0.29) is 11.3 Å². The first-order valence-corrected chi connectivity index (χ1v) is 10.4. The Kier molecular flexibility index (Phi) is 5.85. The van der Waals surface area contributed by atoms with E-state index in [1.54, 1.807) is 11.3 Å². The lowest BCUT2D eigenvalue weighted by Crippen LogP contribution is -2.31. The van der Waals surface area contributed by atoms with Crippen LogP contribution in [0, 0.1) is 0 Å². The SMILES string of the molecule is CCN(CC)c1ccc(C2SCCN2C(=O)Cc2cccs2)cc1. The molecular weight excluding hydrogens is 336 g/mol. The van der Waals surface area contributed by atoms with Crippen LogP contribution < -0.4 is 4.90 Å². The minimum Gasteiger partial charge on any atom is -0.372 e. The van der Waals surface area contributed by atoms with Crippen LogP contribution in [0.3, 0.4) is 0 Å². The van der Waals surface area contributed by atoms with Gasteiger partial charge in [-0.25, -0.2) is 0 Å². The second-order valence-electron chi connectivity index (χ2n) is 5.83. The third-order valence-corrected chi connectivity index (χ3v) is 6.56. The van der Waals surface area contributed by atoms with Crippen LogP contribution in [0.4, 0.5) is 5.69 Å². The van der Waals surface area contributed by atoms with Crippen molar-refractivity contribution in [1.29, 1.82) is 0 Å². The van der Waals surface area contributed by atoms with Crippen LogP contribution in [0.5, 0.6) is 0 Å². The summed E-state index contributed by atoms with van der Waals surface area (Å²) in [4.78, 5) is 18.2. The predicted molar refractivity (Wildman–Crippen MR) is 105 cm³/mol. The highest BCUT2D eigenvalue weighted by Gasteiger charge is 2.30. The number of thiophene rings is 1. The summed E-state index contributed by atoms with van der Waals surface area (Å²) >= 11 is 3.52. The van der Waals surface area contributed by atoms with E-state index in [1.165, 1.54) is 11.3 Å². The molecule has 128 valence electrons. The molecule has 1 atom stereocenters. The molecule has 1 saturated heterocycles. The molecule has 5 heteroatoms. The largest absolute Gasteiger partial charge is 0.372 e. The molecular formula is C19H24N2OS2. The lowest BCUT2D eigenvalue weighted by atomic mass is 10.1. The number of benzene rings is 1. The van der Waals surface area contributed by atoms with E-state index in [2.05, 4.69) is 43.0 Å². The Morgan fingerprint density at radius 1 is 1.21 bits per heavy atom. The number of thioether (sulfide) groups is 1. The Hall–Kier alpha value is -1.46. The van der Waals surface area contributed by atoms with Crippen molar-refractivity contribution in [2.45, 2.75) is 25.6 Å². The summed E-state index contributed by atoms with van der Waals surface area (Å²) in [6.45, 7) is 7.22. The summed E-state index contributed by atoms with van der Waals surface area (Å²) in [5.41, 5.74) is 2.48. The second kappa shape index (κ2) is 8.08. The van der Waals surface area contributed by atoms with Crippen molar-refractivity contribution in [3.8, 4) is 0 Å². The topological polar surface area (TPSA) is 23.6 Å². The van der Waals surface area contributed by atoms with E-state index < -0.39 is 0 Å². The quantitative estimate of drug-likeness (QED) is 0.762. The number of carbonyl (C=O) groups is 1. The fourth-order valence-electron chi connectivity index (χ4n) is 3.10.